The van der Waals surface area contributed by atoms with Crippen molar-refractivity contribution in [3.63, 3.8) is 0 Å². The van der Waals surface area contributed by atoms with E-state index in [1.165, 1.54) is 11.1 Å². The zero-order valence-corrected chi connectivity index (χ0v) is 15.9. The summed E-state index contributed by atoms with van der Waals surface area (Å²) in [6.07, 6.45) is 2.24. The van der Waals surface area contributed by atoms with Crippen LogP contribution in [0.4, 0.5) is 0 Å². The van der Waals surface area contributed by atoms with Crippen LogP contribution in [0.25, 0.3) is 11.1 Å². The van der Waals surface area contributed by atoms with Crippen molar-refractivity contribution in [2.75, 3.05) is 0 Å². The Morgan fingerprint density at radius 2 is 2.07 bits per heavy atom. The number of rotatable bonds is 4. The Hall–Kier alpha value is -2.44. The molecule has 3 heterocycles. The summed E-state index contributed by atoms with van der Waals surface area (Å²) >= 11 is 0. The number of amides is 1. The molecule has 0 saturated heterocycles. The van der Waals surface area contributed by atoms with Crippen molar-refractivity contribution >= 4 is 29.4 Å². The van der Waals surface area contributed by atoms with E-state index in [1.807, 2.05) is 13.0 Å². The van der Waals surface area contributed by atoms with Crippen LogP contribution in [0.1, 0.15) is 57.2 Å². The number of carbonyl (C=O) groups is 1. The summed E-state index contributed by atoms with van der Waals surface area (Å²) in [5.74, 6) is 0.338. The van der Waals surface area contributed by atoms with E-state index < -0.39 is 0 Å². The molecule has 7 heteroatoms. The Kier molecular flexibility index (Phi) is 4.61. The van der Waals surface area contributed by atoms with Crippen LogP contribution < -0.4 is 10.6 Å². The summed E-state index contributed by atoms with van der Waals surface area (Å²) in [5.41, 5.74) is 6.46. The number of aromatic nitrogens is 2. The molecule has 1 aliphatic carbocycles. The number of pyridine rings is 1. The van der Waals surface area contributed by atoms with Crippen molar-refractivity contribution in [2.24, 2.45) is 0 Å². The van der Waals surface area contributed by atoms with Gasteiger partial charge in [0.15, 0.2) is 0 Å². The van der Waals surface area contributed by atoms with E-state index in [0.717, 1.165) is 37.2 Å². The van der Waals surface area contributed by atoms with Crippen LogP contribution in [0.5, 0.6) is 0 Å². The van der Waals surface area contributed by atoms with Gasteiger partial charge in [0, 0.05) is 31.2 Å². The van der Waals surface area contributed by atoms with E-state index in [1.54, 1.807) is 0 Å². The van der Waals surface area contributed by atoms with Gasteiger partial charge in [-0.15, -0.1) is 12.4 Å². The monoisotopic (exact) mass is 384 g/mol. The maximum atomic E-state index is 12.9. The number of carbonyl (C=O) groups excluding carboxylic acids is 1. The highest BCUT2D eigenvalue weighted by Gasteiger charge is 2.28. The highest BCUT2D eigenvalue weighted by Crippen LogP contribution is 2.40. The largest absolute Gasteiger partial charge is 0.348 e. The highest BCUT2D eigenvalue weighted by atomic mass is 35.5. The summed E-state index contributed by atoms with van der Waals surface area (Å²) in [4.78, 5) is 17.4. The Morgan fingerprint density at radius 1 is 1.26 bits per heavy atom. The molecule has 1 aliphatic heterocycles. The fourth-order valence-corrected chi connectivity index (χ4v) is 3.62. The number of hydrogen-bond donors (Lipinski definition) is 2. The number of nitrogens with zero attached hydrogens (tertiary/aromatic N) is 2. The lowest BCUT2D eigenvalue weighted by atomic mass is 10.1. The molecular weight excluding hydrogens is 364 g/mol. The standard InChI is InChI=1S/C20H20N4O2.ClH/c1-11-18-16(7-17(13-4-5-13)23-20(18)26-24-11)19(25)22-8-12-2-3-14-9-21-10-15(14)6-12;/h2-3,6-7,13,21H,4-5,8-10H2,1H3,(H,22,25);1H. The summed E-state index contributed by atoms with van der Waals surface area (Å²) in [6, 6.07) is 8.29. The molecule has 1 fully saturated rings. The quantitative estimate of drug-likeness (QED) is 0.721. The van der Waals surface area contributed by atoms with Gasteiger partial charge in [0.2, 0.25) is 0 Å². The van der Waals surface area contributed by atoms with Gasteiger partial charge in [0.1, 0.15) is 0 Å². The van der Waals surface area contributed by atoms with Crippen molar-refractivity contribution in [3.05, 3.63) is 57.9 Å². The molecule has 0 bridgehead atoms. The van der Waals surface area contributed by atoms with E-state index in [4.69, 9.17) is 4.52 Å². The van der Waals surface area contributed by atoms with Crippen LogP contribution in [0.15, 0.2) is 28.8 Å². The Labute approximate surface area is 163 Å². The lowest BCUT2D eigenvalue weighted by Gasteiger charge is -2.09. The average Bonchev–Trinajstić information content (AvgIpc) is 3.29. The normalized spacial score (nSPS) is 15.4. The number of benzene rings is 1. The van der Waals surface area contributed by atoms with Gasteiger partial charge in [0.05, 0.1) is 16.6 Å². The summed E-state index contributed by atoms with van der Waals surface area (Å²) in [5, 5.41) is 11.1. The van der Waals surface area contributed by atoms with Crippen LogP contribution in [0, 0.1) is 6.92 Å². The molecule has 2 N–H and O–H groups in total. The number of fused-ring (bicyclic) bond motifs is 2. The van der Waals surface area contributed by atoms with Crippen LogP contribution >= 0.6 is 12.4 Å². The maximum absolute atomic E-state index is 12.9. The first kappa shape index (κ1) is 17.9. The topological polar surface area (TPSA) is 80.0 Å². The average molecular weight is 385 g/mol. The SMILES string of the molecule is Cc1noc2nc(C3CC3)cc(C(=O)NCc3ccc4c(c3)CNC4)c12.Cl. The van der Waals surface area contributed by atoms with Crippen LogP contribution in [0.2, 0.25) is 0 Å². The van der Waals surface area contributed by atoms with Crippen molar-refractivity contribution in [1.82, 2.24) is 20.8 Å². The summed E-state index contributed by atoms with van der Waals surface area (Å²) < 4.78 is 5.32. The highest BCUT2D eigenvalue weighted by molar-refractivity contribution is 6.06. The first-order chi connectivity index (χ1) is 12.7. The fraction of sp³-hybridized carbons (Fsp3) is 0.350. The molecule has 6 nitrogen and oxygen atoms in total. The van der Waals surface area contributed by atoms with Gasteiger partial charge in [-0.2, -0.15) is 0 Å². The number of halogens is 1. The van der Waals surface area contributed by atoms with Gasteiger partial charge < -0.3 is 15.2 Å². The van der Waals surface area contributed by atoms with E-state index in [2.05, 4.69) is 39.0 Å². The lowest BCUT2D eigenvalue weighted by molar-refractivity contribution is 0.0952. The molecule has 1 aromatic carbocycles. The number of aryl methyl sites for hydroxylation is 1. The summed E-state index contributed by atoms with van der Waals surface area (Å²) in [6.45, 7) is 4.16. The Bertz CT molecular complexity index is 1030. The van der Waals surface area contributed by atoms with Crippen molar-refractivity contribution < 1.29 is 9.32 Å². The van der Waals surface area contributed by atoms with Gasteiger partial charge in [-0.1, -0.05) is 23.4 Å². The number of hydrogen-bond acceptors (Lipinski definition) is 5. The first-order valence-corrected chi connectivity index (χ1v) is 9.05. The minimum atomic E-state index is -0.107. The first-order valence-electron chi connectivity index (χ1n) is 9.05. The van der Waals surface area contributed by atoms with E-state index in [0.29, 0.717) is 34.8 Å². The molecule has 1 saturated carbocycles. The van der Waals surface area contributed by atoms with Gasteiger partial charge >= 0.3 is 0 Å². The molecule has 27 heavy (non-hydrogen) atoms. The van der Waals surface area contributed by atoms with Gasteiger partial charge in [0.25, 0.3) is 11.6 Å². The molecule has 3 aromatic rings. The van der Waals surface area contributed by atoms with E-state index in [-0.39, 0.29) is 18.3 Å². The fourth-order valence-electron chi connectivity index (χ4n) is 3.62. The molecule has 1 amide bonds. The molecule has 0 radical (unpaired) electrons. The van der Waals surface area contributed by atoms with Crippen molar-refractivity contribution in [3.8, 4) is 0 Å². The second-order valence-corrected chi connectivity index (χ2v) is 7.21. The molecule has 2 aromatic heterocycles. The summed E-state index contributed by atoms with van der Waals surface area (Å²) in [7, 11) is 0. The Balaban J connectivity index is 0.00000180. The van der Waals surface area contributed by atoms with Crippen molar-refractivity contribution in [2.45, 2.75) is 45.3 Å². The molecule has 0 unspecified atom stereocenters. The Morgan fingerprint density at radius 3 is 2.89 bits per heavy atom. The van der Waals surface area contributed by atoms with E-state index >= 15 is 0 Å². The second kappa shape index (κ2) is 6.94. The van der Waals surface area contributed by atoms with E-state index in [9.17, 15) is 4.79 Å². The van der Waals surface area contributed by atoms with Crippen LogP contribution in [-0.4, -0.2) is 16.0 Å². The van der Waals surface area contributed by atoms with Crippen LogP contribution in [-0.2, 0) is 19.6 Å². The van der Waals surface area contributed by atoms with Gasteiger partial charge in [-0.05, 0) is 42.5 Å². The molecule has 140 valence electrons. The smallest absolute Gasteiger partial charge is 0.259 e. The molecular formula is C20H21ClN4O2. The van der Waals surface area contributed by atoms with Gasteiger partial charge in [-0.25, -0.2) is 4.98 Å². The second-order valence-electron chi connectivity index (χ2n) is 7.21. The maximum Gasteiger partial charge on any atom is 0.259 e. The van der Waals surface area contributed by atoms with Crippen molar-refractivity contribution in [1.29, 1.82) is 0 Å². The minimum absolute atomic E-state index is 0. The molecule has 5 rings (SSSR count). The molecule has 0 spiro atoms. The third-order valence-electron chi connectivity index (χ3n) is 5.23. The van der Waals surface area contributed by atoms with Gasteiger partial charge in [-0.3, -0.25) is 4.79 Å². The zero-order chi connectivity index (χ0) is 17.7. The zero-order valence-electron chi connectivity index (χ0n) is 15.0. The third-order valence-corrected chi connectivity index (χ3v) is 5.23. The minimum Gasteiger partial charge on any atom is -0.348 e. The number of nitrogens with one attached hydrogen (secondary N) is 2. The molecule has 2 aliphatic rings. The molecule has 0 atom stereocenters. The predicted molar refractivity (Wildman–Crippen MR) is 104 cm³/mol. The third kappa shape index (κ3) is 3.31. The predicted octanol–water partition coefficient (Wildman–Crippen LogP) is 3.36. The van der Waals surface area contributed by atoms with Crippen LogP contribution in [0.3, 0.4) is 0 Å². The lowest BCUT2D eigenvalue weighted by Crippen LogP contribution is -2.23.